The Balaban J connectivity index is 0.876. The number of nitrogens with two attached hydrogens (primary N) is 2. The number of alkyl carbamates (subject to hydrolysis) is 1. The number of nitrogens with zero attached hydrogens (tertiary/aromatic N) is 6. The van der Waals surface area contributed by atoms with Crippen LogP contribution in [0.15, 0.2) is 116 Å². The second-order valence-corrected chi connectivity index (χ2v) is 23.5. The average Bonchev–Trinajstić information content (AvgIpc) is 1.61. The first-order valence-electron chi connectivity index (χ1n) is 31.1. The first kappa shape index (κ1) is 72.0. The van der Waals surface area contributed by atoms with E-state index in [0.717, 1.165) is 22.6 Å². The molecule has 0 aliphatic carbocycles. The van der Waals surface area contributed by atoms with Crippen molar-refractivity contribution in [1.82, 2.24) is 40.0 Å². The van der Waals surface area contributed by atoms with Crippen LogP contribution in [0.2, 0.25) is 0 Å². The van der Waals surface area contributed by atoms with Gasteiger partial charge in [0.25, 0.3) is 23.6 Å². The number of carboxylic acids is 1. The average molecular weight is 1360 g/mol. The molecule has 0 bridgehead atoms. The number of fused-ring (bicyclic) bond motifs is 4. The molecule has 97 heavy (non-hydrogen) atoms. The molecular weight excluding hydrogens is 1280 g/mol. The zero-order valence-electron chi connectivity index (χ0n) is 53.4. The Morgan fingerprint density at radius 1 is 0.773 bits per heavy atom. The Kier molecular flexibility index (Phi) is 25.2. The Morgan fingerprint density at radius 3 is 2.18 bits per heavy atom. The number of likely N-dealkylation sites (N-methyl/N-ethyl adjacent to an activating group) is 1. The van der Waals surface area contributed by atoms with Crippen molar-refractivity contribution < 1.29 is 81.9 Å². The van der Waals surface area contributed by atoms with E-state index in [1.54, 1.807) is 79.0 Å². The van der Waals surface area contributed by atoms with Crippen LogP contribution in [0.4, 0.5) is 36.2 Å². The number of phenols is 1. The van der Waals surface area contributed by atoms with Gasteiger partial charge in [-0.05, 0) is 103 Å². The van der Waals surface area contributed by atoms with Gasteiger partial charge in [0.1, 0.15) is 54.2 Å². The molecule has 11 N–H and O–H groups in total. The first-order chi connectivity index (χ1) is 46.5. The molecule has 0 unspecified atom stereocenters. The van der Waals surface area contributed by atoms with Crippen molar-refractivity contribution in [3.05, 3.63) is 138 Å². The number of alkyl halides is 1. The number of primary amides is 1. The third-order valence-corrected chi connectivity index (χ3v) is 16.2. The van der Waals surface area contributed by atoms with E-state index < -0.39 is 89.8 Å². The van der Waals surface area contributed by atoms with Crippen LogP contribution in [-0.4, -0.2) is 190 Å². The van der Waals surface area contributed by atoms with Crippen LogP contribution in [0.5, 0.6) is 11.5 Å². The topological polar surface area (TPSA) is 408 Å². The second kappa shape index (κ2) is 34.0. The third kappa shape index (κ3) is 19.6. The Hall–Kier alpha value is -10.9. The number of carbonyl (C=O) groups is 11. The number of imide groups is 1. The van der Waals surface area contributed by atoms with E-state index in [4.69, 9.17) is 42.0 Å². The lowest BCUT2D eigenvalue weighted by molar-refractivity contribution is -0.139. The summed E-state index contributed by atoms with van der Waals surface area (Å²) in [5.41, 5.74) is 14.3. The van der Waals surface area contributed by atoms with E-state index in [-0.39, 0.29) is 114 Å². The van der Waals surface area contributed by atoms with Crippen molar-refractivity contribution in [2.45, 2.75) is 76.6 Å². The number of ether oxygens (including phenoxy) is 4. The number of aromatic hydroxyl groups is 1. The molecule has 4 heterocycles. The minimum Gasteiger partial charge on any atom is -0.508 e. The summed E-state index contributed by atoms with van der Waals surface area (Å²) >= 11 is 6.61. The van der Waals surface area contributed by atoms with Crippen LogP contribution in [0.1, 0.15) is 83.8 Å². The number of carbonyl (C=O) groups excluding carboxylic acids is 10. The molecule has 0 radical (unpaired) electrons. The van der Waals surface area contributed by atoms with Gasteiger partial charge in [0.15, 0.2) is 0 Å². The van der Waals surface area contributed by atoms with Crippen molar-refractivity contribution in [1.29, 1.82) is 0 Å². The Bertz CT molecular complexity index is 3910. The molecule has 2 aliphatic heterocycles. The minimum atomic E-state index is -1.17. The molecule has 2 aliphatic rings. The molecule has 30 nitrogen and oxygen atoms in total. The number of rotatable bonds is 32. The number of imidazole rings is 1. The maximum Gasteiger partial charge on any atom is 0.415 e. The van der Waals surface area contributed by atoms with Gasteiger partial charge >= 0.3 is 30.3 Å². The third-order valence-electron chi connectivity index (χ3n) is 15.8. The molecule has 4 atom stereocenters. The highest BCUT2D eigenvalue weighted by Crippen LogP contribution is 2.46. The number of benzene rings is 4. The second-order valence-electron chi connectivity index (χ2n) is 23.2. The van der Waals surface area contributed by atoms with Crippen molar-refractivity contribution in [2.75, 3.05) is 87.6 Å². The summed E-state index contributed by atoms with van der Waals surface area (Å²) in [4.78, 5) is 152. The maximum absolute atomic E-state index is 14.6. The number of unbranched alkanes of at least 4 members (excludes halogenated alkanes) is 1. The highest BCUT2D eigenvalue weighted by molar-refractivity contribution is 6.19. The van der Waals surface area contributed by atoms with Crippen LogP contribution < -0.4 is 47.7 Å². The number of pyridine rings is 1. The van der Waals surface area contributed by atoms with Gasteiger partial charge in [-0.25, -0.2) is 24.2 Å². The molecule has 0 fully saturated rings. The number of halogens is 1. The number of amides is 11. The Labute approximate surface area is 561 Å². The summed E-state index contributed by atoms with van der Waals surface area (Å²) in [5, 5.41) is 33.5. The first-order valence-corrected chi connectivity index (χ1v) is 31.7. The van der Waals surface area contributed by atoms with Gasteiger partial charge in [-0.3, -0.25) is 38.5 Å². The predicted octanol–water partition coefficient (Wildman–Crippen LogP) is 5.64. The summed E-state index contributed by atoms with van der Waals surface area (Å²) in [5.74, 6) is -4.87. The zero-order chi connectivity index (χ0) is 69.9. The quantitative estimate of drug-likeness (QED) is 0.0140. The van der Waals surface area contributed by atoms with E-state index in [2.05, 4.69) is 31.6 Å². The summed E-state index contributed by atoms with van der Waals surface area (Å²) in [6.07, 6.45) is 3.94. The number of carboxylic acid groups (broad SMARTS) is 1. The molecule has 0 spiro atoms. The monoisotopic (exact) mass is 1360 g/mol. The smallest absolute Gasteiger partial charge is 0.415 e. The molecule has 31 heteroatoms. The van der Waals surface area contributed by atoms with Crippen LogP contribution in [0.25, 0.3) is 16.4 Å². The number of urea groups is 1. The lowest BCUT2D eigenvalue weighted by Crippen LogP contribution is -2.54. The number of aromatic nitrogens is 2. The number of hydrogen-bond donors (Lipinski definition) is 9. The largest absolute Gasteiger partial charge is 0.508 e. The lowest BCUT2D eigenvalue weighted by Gasteiger charge is -2.26. The molecule has 0 saturated carbocycles. The molecule has 2 aromatic heterocycles. The highest BCUT2D eigenvalue weighted by Gasteiger charge is 2.37. The van der Waals surface area contributed by atoms with Crippen LogP contribution in [0.3, 0.4) is 0 Å². The van der Waals surface area contributed by atoms with Gasteiger partial charge in [-0.1, -0.05) is 50.2 Å². The molecule has 0 saturated heterocycles. The number of aliphatic carboxylic acids is 1. The Morgan fingerprint density at radius 2 is 1.48 bits per heavy atom. The molecule has 4 aromatic carbocycles. The van der Waals surface area contributed by atoms with Crippen LogP contribution in [0, 0.1) is 5.92 Å². The SMILES string of the molecule is CC(C)[C@H](NC(=O)OCCOCCN1C(=O)C=CC1=O)C(=O)N[C@@H](CCCNC(N)=O)C(=O)Nc1ccc(COC(=O)N(C)CCN(CCCC[C@H](N)C(=O)O)C(=O)Oc2cc3c(c4ccccc24)[C@H](CCl)CN3C(=O)c2cn3cc(NC(=O)c4ccc(O)cc4)ccc3n2)cc1. The zero-order valence-corrected chi connectivity index (χ0v) is 54.2. The summed E-state index contributed by atoms with van der Waals surface area (Å²) in [6, 6.07) is 19.9. The van der Waals surface area contributed by atoms with Crippen molar-refractivity contribution >= 4 is 111 Å². The number of hydrogen-bond acceptors (Lipinski definition) is 18. The molecule has 11 amide bonds. The van der Waals surface area contributed by atoms with Crippen molar-refractivity contribution in [3.63, 3.8) is 0 Å². The van der Waals surface area contributed by atoms with Gasteiger partial charge in [0, 0.05) is 98.8 Å². The van der Waals surface area contributed by atoms with Crippen LogP contribution in [-0.2, 0) is 44.8 Å². The van der Waals surface area contributed by atoms with Gasteiger partial charge in [0.05, 0.1) is 31.1 Å². The minimum absolute atomic E-state index is 0.00270. The fourth-order valence-corrected chi connectivity index (χ4v) is 10.8. The van der Waals surface area contributed by atoms with Crippen LogP contribution >= 0.6 is 11.6 Å². The van der Waals surface area contributed by atoms with Crippen molar-refractivity contribution in [2.24, 2.45) is 17.4 Å². The van der Waals surface area contributed by atoms with Gasteiger partial charge < -0.3 is 86.3 Å². The van der Waals surface area contributed by atoms with E-state index in [9.17, 15) is 63.0 Å². The molecule has 8 rings (SSSR count). The lowest BCUT2D eigenvalue weighted by atomic mass is 9.95. The number of nitrogens with one attached hydrogen (secondary N) is 5. The van der Waals surface area contributed by atoms with E-state index in [1.807, 2.05) is 12.1 Å². The normalized spacial score (nSPS) is 14.1. The fraction of sp³-hybridized carbons (Fsp3) is 0.364. The summed E-state index contributed by atoms with van der Waals surface area (Å²) in [6.45, 7) is 3.04. The maximum atomic E-state index is 14.6. The molecular formula is C66H76ClN13O17. The van der Waals surface area contributed by atoms with Gasteiger partial charge in [-0.2, -0.15) is 0 Å². The summed E-state index contributed by atoms with van der Waals surface area (Å²) < 4.78 is 24.0. The number of anilines is 3. The van der Waals surface area contributed by atoms with Crippen molar-refractivity contribution in [3.8, 4) is 11.5 Å². The highest BCUT2D eigenvalue weighted by atomic mass is 35.5. The fourth-order valence-electron chi connectivity index (χ4n) is 10.6. The number of phenolic OH excluding ortho intramolecular Hbond substituents is 1. The van der Waals surface area contributed by atoms with Gasteiger partial charge in [0.2, 0.25) is 11.8 Å². The summed E-state index contributed by atoms with van der Waals surface area (Å²) in [7, 11) is 1.47. The predicted molar refractivity (Wildman–Crippen MR) is 354 cm³/mol. The molecule has 514 valence electrons. The van der Waals surface area contributed by atoms with E-state index in [0.29, 0.717) is 57.5 Å². The standard InChI is InChI=1S/C66H76ClN13O17/c1-39(2)57(75-64(91)95-32-31-94-30-29-79-54(82)23-24-55(79)83)60(86)74-49(12-8-25-70-63(69)90)59(85)71-43-17-13-40(14-18-43)38-96-65(92)76(3)27-28-77(26-7-6-11-48(68)62(88)89)66(93)97-52-33-51-56(47-10-5-4-9-46(47)52)42(34-67)35-80(51)61(87)50-37-78-36-44(19-22-53(78)73-50)72-58(84)41-15-20-45(81)21-16-41/h4-5,9-10,13-24,33,36-37,39,42,48-49,57,81H,6-8,11-12,25-32,34-35,38,68H2,1-3H3,(H,71,85)(H,72,84)(H,74,86)(H,75,91)(H,88,89)(H3,69,70,90)/t42-,48+,49+,57+/m1/s1. The molecule has 6 aromatic rings. The van der Waals surface area contributed by atoms with E-state index in [1.165, 1.54) is 52.2 Å². The van der Waals surface area contributed by atoms with E-state index >= 15 is 0 Å². The van der Waals surface area contributed by atoms with Gasteiger partial charge in [-0.15, -0.1) is 11.6 Å².